The molecule has 0 spiro atoms. The number of carbonyl (C=O) groups is 2. The lowest BCUT2D eigenvalue weighted by molar-refractivity contribution is 0.0744. The molecule has 0 bridgehead atoms. The molecule has 3 aromatic rings. The summed E-state index contributed by atoms with van der Waals surface area (Å²) in [6.07, 6.45) is 3.10. The number of anilines is 1. The molecule has 4 rings (SSSR count). The fourth-order valence-electron chi connectivity index (χ4n) is 4.21. The Morgan fingerprint density at radius 1 is 0.917 bits per heavy atom. The Morgan fingerprint density at radius 3 is 2.17 bits per heavy atom. The Morgan fingerprint density at radius 2 is 1.56 bits per heavy atom. The summed E-state index contributed by atoms with van der Waals surface area (Å²) in [6, 6.07) is 17.3. The molecule has 8 nitrogen and oxygen atoms in total. The van der Waals surface area contributed by atoms with E-state index in [-0.39, 0.29) is 23.1 Å². The van der Waals surface area contributed by atoms with Crippen LogP contribution >= 0.6 is 0 Å². The highest BCUT2D eigenvalue weighted by Gasteiger charge is 2.27. The first-order valence-corrected chi connectivity index (χ1v) is 12.1. The third-order valence-electron chi connectivity index (χ3n) is 6.42. The Hall–Kier alpha value is -4.07. The minimum Gasteiger partial charge on any atom is -0.497 e. The fraction of sp³-hybridized carbons (Fsp3) is 0.321. The van der Waals surface area contributed by atoms with Gasteiger partial charge >= 0.3 is 0 Å². The second-order valence-corrected chi connectivity index (χ2v) is 9.10. The van der Waals surface area contributed by atoms with Crippen molar-refractivity contribution >= 4 is 17.5 Å². The van der Waals surface area contributed by atoms with E-state index in [9.17, 15) is 14.4 Å². The van der Waals surface area contributed by atoms with Gasteiger partial charge in [-0.05, 0) is 43.7 Å². The van der Waals surface area contributed by atoms with Crippen LogP contribution in [0.15, 0.2) is 71.8 Å². The van der Waals surface area contributed by atoms with Crippen molar-refractivity contribution in [2.24, 2.45) is 0 Å². The van der Waals surface area contributed by atoms with Crippen LogP contribution in [0.5, 0.6) is 5.75 Å². The quantitative estimate of drug-likeness (QED) is 0.552. The largest absolute Gasteiger partial charge is 0.497 e. The van der Waals surface area contributed by atoms with Crippen LogP contribution in [0.1, 0.15) is 46.2 Å². The molecule has 1 aliphatic heterocycles. The van der Waals surface area contributed by atoms with E-state index >= 15 is 0 Å². The van der Waals surface area contributed by atoms with E-state index in [4.69, 9.17) is 4.74 Å². The van der Waals surface area contributed by atoms with Crippen molar-refractivity contribution < 1.29 is 14.3 Å². The fourth-order valence-corrected chi connectivity index (χ4v) is 4.21. The number of rotatable bonds is 7. The first kappa shape index (κ1) is 25.0. The van der Waals surface area contributed by atoms with E-state index in [1.807, 2.05) is 68.4 Å². The van der Waals surface area contributed by atoms with Crippen molar-refractivity contribution in [2.45, 2.75) is 26.4 Å². The van der Waals surface area contributed by atoms with Crippen LogP contribution in [0.25, 0.3) is 0 Å². The van der Waals surface area contributed by atoms with Gasteiger partial charge in [0.25, 0.3) is 11.8 Å². The maximum atomic E-state index is 13.4. The lowest BCUT2D eigenvalue weighted by Crippen LogP contribution is -2.50. The van der Waals surface area contributed by atoms with Gasteiger partial charge in [0, 0.05) is 56.8 Å². The number of pyridine rings is 1. The number of carbonyl (C=O) groups excluding carboxylic acids is 2. The van der Waals surface area contributed by atoms with Crippen LogP contribution in [-0.4, -0.2) is 54.6 Å². The summed E-state index contributed by atoms with van der Waals surface area (Å²) >= 11 is 0. The number of nitrogens with one attached hydrogen (secondary N) is 1. The molecule has 0 atom stereocenters. The van der Waals surface area contributed by atoms with E-state index in [0.29, 0.717) is 32.7 Å². The zero-order valence-electron chi connectivity index (χ0n) is 20.9. The van der Waals surface area contributed by atoms with Gasteiger partial charge in [-0.1, -0.05) is 30.3 Å². The highest BCUT2D eigenvalue weighted by molar-refractivity contribution is 5.99. The van der Waals surface area contributed by atoms with Gasteiger partial charge in [0.2, 0.25) is 5.43 Å². The van der Waals surface area contributed by atoms with Crippen LogP contribution in [0.4, 0.5) is 5.69 Å². The number of nitrogens with zero attached hydrogens (tertiary/aromatic N) is 3. The molecule has 36 heavy (non-hydrogen) atoms. The van der Waals surface area contributed by atoms with E-state index in [2.05, 4.69) is 10.2 Å². The predicted octanol–water partition coefficient (Wildman–Crippen LogP) is 3.33. The molecule has 2 amide bonds. The topological polar surface area (TPSA) is 83.9 Å². The van der Waals surface area contributed by atoms with E-state index in [0.717, 1.165) is 17.0 Å². The standard InChI is InChI=1S/C28H32N4O4/c1-20(2)32-18-24(27(34)29-17-21-7-5-4-6-8-21)26(33)25(19-32)28(35)31-15-13-30(14-16-31)22-9-11-23(36-3)12-10-22/h4-12,18-20H,13-17H2,1-3H3,(H,29,34). The molecule has 0 radical (unpaired) electrons. The molecule has 2 aromatic carbocycles. The second kappa shape index (κ2) is 11.1. The molecule has 8 heteroatoms. The molecule has 0 saturated carbocycles. The maximum Gasteiger partial charge on any atom is 0.259 e. The second-order valence-electron chi connectivity index (χ2n) is 9.10. The summed E-state index contributed by atoms with van der Waals surface area (Å²) in [5.74, 6) is -0.0413. The molecular formula is C28H32N4O4. The van der Waals surface area contributed by atoms with Gasteiger partial charge < -0.3 is 24.4 Å². The summed E-state index contributed by atoms with van der Waals surface area (Å²) in [4.78, 5) is 43.5. The van der Waals surface area contributed by atoms with Crippen LogP contribution < -0.4 is 20.4 Å². The van der Waals surface area contributed by atoms with Crippen molar-refractivity contribution in [3.63, 3.8) is 0 Å². The van der Waals surface area contributed by atoms with Crippen molar-refractivity contribution in [1.29, 1.82) is 0 Å². The molecule has 2 heterocycles. The molecule has 188 valence electrons. The Bertz CT molecular complexity index is 1260. The van der Waals surface area contributed by atoms with Gasteiger partial charge in [-0.25, -0.2) is 0 Å². The van der Waals surface area contributed by atoms with Gasteiger partial charge in [0.05, 0.1) is 7.11 Å². The molecule has 1 fully saturated rings. The number of methoxy groups -OCH3 is 1. The number of hydrogen-bond acceptors (Lipinski definition) is 5. The molecule has 0 aliphatic carbocycles. The zero-order chi connectivity index (χ0) is 25.7. The Kier molecular flexibility index (Phi) is 7.73. The van der Waals surface area contributed by atoms with Crippen LogP contribution in [0.3, 0.4) is 0 Å². The van der Waals surface area contributed by atoms with Gasteiger partial charge in [-0.15, -0.1) is 0 Å². The molecular weight excluding hydrogens is 456 g/mol. The van der Waals surface area contributed by atoms with Crippen LogP contribution in [0, 0.1) is 0 Å². The van der Waals surface area contributed by atoms with Crippen LogP contribution in [-0.2, 0) is 6.54 Å². The average Bonchev–Trinajstić information content (AvgIpc) is 2.92. The SMILES string of the molecule is COc1ccc(N2CCN(C(=O)c3cn(C(C)C)cc(C(=O)NCc4ccccc4)c3=O)CC2)cc1. The number of aromatic nitrogens is 1. The maximum absolute atomic E-state index is 13.4. The summed E-state index contributed by atoms with van der Waals surface area (Å²) in [5.41, 5.74) is 1.44. The third-order valence-corrected chi connectivity index (χ3v) is 6.42. The summed E-state index contributed by atoms with van der Waals surface area (Å²) in [5, 5.41) is 2.81. The Balaban J connectivity index is 1.50. The highest BCUT2D eigenvalue weighted by Crippen LogP contribution is 2.21. The third kappa shape index (κ3) is 5.59. The predicted molar refractivity (Wildman–Crippen MR) is 140 cm³/mol. The van der Waals surface area contributed by atoms with Gasteiger partial charge in [-0.2, -0.15) is 0 Å². The van der Waals surface area contributed by atoms with Gasteiger partial charge in [0.1, 0.15) is 16.9 Å². The number of amides is 2. The molecule has 1 saturated heterocycles. The molecule has 1 aliphatic rings. The minimum absolute atomic E-state index is 0.0222. The summed E-state index contributed by atoms with van der Waals surface area (Å²) in [7, 11) is 1.63. The van der Waals surface area contributed by atoms with Gasteiger partial charge in [-0.3, -0.25) is 14.4 Å². The normalized spacial score (nSPS) is 13.6. The number of hydrogen-bond donors (Lipinski definition) is 1. The van der Waals surface area contributed by atoms with Crippen LogP contribution in [0.2, 0.25) is 0 Å². The number of benzene rings is 2. The van der Waals surface area contributed by atoms with E-state index in [1.165, 1.54) is 6.20 Å². The lowest BCUT2D eigenvalue weighted by Gasteiger charge is -2.36. The highest BCUT2D eigenvalue weighted by atomic mass is 16.5. The first-order chi connectivity index (χ1) is 17.4. The van der Waals surface area contributed by atoms with Gasteiger partial charge in [0.15, 0.2) is 0 Å². The van der Waals surface area contributed by atoms with Crippen molar-refractivity contribution in [3.05, 3.63) is 93.9 Å². The molecule has 1 N–H and O–H groups in total. The van der Waals surface area contributed by atoms with Crippen molar-refractivity contribution in [1.82, 2.24) is 14.8 Å². The number of ether oxygens (including phenoxy) is 1. The summed E-state index contributed by atoms with van der Waals surface area (Å²) in [6.45, 7) is 6.44. The summed E-state index contributed by atoms with van der Waals surface area (Å²) < 4.78 is 6.97. The monoisotopic (exact) mass is 488 g/mol. The first-order valence-electron chi connectivity index (χ1n) is 12.1. The minimum atomic E-state index is -0.542. The van der Waals surface area contributed by atoms with Crippen molar-refractivity contribution in [3.8, 4) is 5.75 Å². The smallest absolute Gasteiger partial charge is 0.259 e. The molecule has 1 aromatic heterocycles. The lowest BCUT2D eigenvalue weighted by atomic mass is 10.1. The van der Waals surface area contributed by atoms with Crippen molar-refractivity contribution in [2.75, 3.05) is 38.2 Å². The zero-order valence-corrected chi connectivity index (χ0v) is 20.9. The van der Waals surface area contributed by atoms with E-state index in [1.54, 1.807) is 22.8 Å². The average molecular weight is 489 g/mol. The Labute approximate surface area is 211 Å². The number of piperazine rings is 1. The van der Waals surface area contributed by atoms with E-state index < -0.39 is 11.3 Å². The molecule has 0 unspecified atom stereocenters.